The van der Waals surface area contributed by atoms with Crippen LogP contribution in [-0.2, 0) is 15.6 Å². The zero-order chi connectivity index (χ0) is 16.4. The van der Waals surface area contributed by atoms with Gasteiger partial charge >= 0.3 is 0 Å². The molecule has 0 bridgehead atoms. The third-order valence-corrected chi connectivity index (χ3v) is 5.02. The second-order valence-corrected chi connectivity index (χ2v) is 7.26. The minimum atomic E-state index is -3.66. The highest BCUT2D eigenvalue weighted by Crippen LogP contribution is 2.24. The molecule has 0 unspecified atom stereocenters. The summed E-state index contributed by atoms with van der Waals surface area (Å²) in [7, 11) is -2.10. The van der Waals surface area contributed by atoms with E-state index in [9.17, 15) is 8.42 Å². The molecule has 118 valence electrons. The highest BCUT2D eigenvalue weighted by atomic mass is 32.2. The Balaban J connectivity index is 2.33. The molecule has 0 fully saturated rings. The minimum absolute atomic E-state index is 0.204. The summed E-state index contributed by atoms with van der Waals surface area (Å²) in [6.45, 7) is 5.37. The van der Waals surface area contributed by atoms with Gasteiger partial charge < -0.3 is 4.74 Å². The molecule has 5 nitrogen and oxygen atoms in total. The summed E-state index contributed by atoms with van der Waals surface area (Å²) in [5.41, 5.74) is 0.610. The Morgan fingerprint density at radius 2 is 1.91 bits per heavy atom. The number of methoxy groups -OCH3 is 1. The third kappa shape index (κ3) is 3.45. The van der Waals surface area contributed by atoms with Crippen molar-refractivity contribution in [3.05, 3.63) is 53.9 Å². The van der Waals surface area contributed by atoms with Crippen molar-refractivity contribution in [1.82, 2.24) is 9.71 Å². The molecule has 0 amide bonds. The van der Waals surface area contributed by atoms with E-state index in [1.54, 1.807) is 51.4 Å². The van der Waals surface area contributed by atoms with E-state index in [-0.39, 0.29) is 4.90 Å². The summed E-state index contributed by atoms with van der Waals surface area (Å²) in [5, 5.41) is 0. The molecule has 2 rings (SSSR count). The van der Waals surface area contributed by atoms with Crippen LogP contribution in [0, 0.1) is 6.92 Å². The first-order valence-corrected chi connectivity index (χ1v) is 8.35. The Labute approximate surface area is 131 Å². The smallest absolute Gasteiger partial charge is 0.241 e. The first-order chi connectivity index (χ1) is 10.3. The van der Waals surface area contributed by atoms with Gasteiger partial charge in [-0.3, -0.25) is 4.98 Å². The summed E-state index contributed by atoms with van der Waals surface area (Å²) < 4.78 is 33.0. The minimum Gasteiger partial charge on any atom is -0.496 e. The lowest BCUT2D eigenvalue weighted by Gasteiger charge is -2.25. The lowest BCUT2D eigenvalue weighted by molar-refractivity contribution is 0.411. The van der Waals surface area contributed by atoms with Gasteiger partial charge in [-0.2, -0.15) is 4.72 Å². The highest BCUT2D eigenvalue weighted by molar-refractivity contribution is 7.89. The first kappa shape index (κ1) is 16.5. The van der Waals surface area contributed by atoms with Gasteiger partial charge in [-0.15, -0.1) is 0 Å². The van der Waals surface area contributed by atoms with Crippen LogP contribution in [0.3, 0.4) is 0 Å². The number of hydrogen-bond acceptors (Lipinski definition) is 4. The van der Waals surface area contributed by atoms with E-state index in [0.717, 1.165) is 5.56 Å². The summed E-state index contributed by atoms with van der Waals surface area (Å²) >= 11 is 0. The fraction of sp³-hybridized carbons (Fsp3) is 0.312. The lowest BCUT2D eigenvalue weighted by Crippen LogP contribution is -2.41. The van der Waals surface area contributed by atoms with E-state index >= 15 is 0 Å². The fourth-order valence-electron chi connectivity index (χ4n) is 2.20. The molecule has 1 heterocycles. The molecular formula is C16H20N2O3S. The van der Waals surface area contributed by atoms with Crippen molar-refractivity contribution in [3.63, 3.8) is 0 Å². The second-order valence-electron chi connectivity index (χ2n) is 5.58. The molecule has 0 atom stereocenters. The summed E-state index contributed by atoms with van der Waals surface area (Å²) in [5.74, 6) is 0.655. The Morgan fingerprint density at radius 3 is 2.45 bits per heavy atom. The number of hydrogen-bond donors (Lipinski definition) is 1. The average molecular weight is 320 g/mol. The number of aryl methyl sites for hydroxylation is 1. The van der Waals surface area contributed by atoms with Gasteiger partial charge in [0.25, 0.3) is 0 Å². The van der Waals surface area contributed by atoms with Crippen molar-refractivity contribution in [2.24, 2.45) is 0 Å². The maximum atomic E-state index is 12.6. The third-order valence-electron chi connectivity index (χ3n) is 3.37. The van der Waals surface area contributed by atoms with Crippen LogP contribution in [0.2, 0.25) is 0 Å². The van der Waals surface area contributed by atoms with Gasteiger partial charge in [0.05, 0.1) is 23.2 Å². The number of sulfonamides is 1. The van der Waals surface area contributed by atoms with E-state index in [1.165, 1.54) is 6.07 Å². The number of benzene rings is 1. The number of pyridine rings is 1. The van der Waals surface area contributed by atoms with Crippen LogP contribution < -0.4 is 9.46 Å². The van der Waals surface area contributed by atoms with Gasteiger partial charge in [-0.1, -0.05) is 6.07 Å². The van der Waals surface area contributed by atoms with Gasteiger partial charge in [0.2, 0.25) is 10.0 Å². The maximum Gasteiger partial charge on any atom is 0.241 e. The van der Waals surface area contributed by atoms with E-state index in [1.807, 2.05) is 13.0 Å². The molecule has 0 saturated carbocycles. The predicted octanol–water partition coefficient (Wildman–Crippen LogP) is 2.61. The van der Waals surface area contributed by atoms with Gasteiger partial charge in [-0.05, 0) is 56.7 Å². The van der Waals surface area contributed by atoms with E-state index in [0.29, 0.717) is 11.4 Å². The van der Waals surface area contributed by atoms with Gasteiger partial charge in [0.15, 0.2) is 0 Å². The van der Waals surface area contributed by atoms with E-state index in [2.05, 4.69) is 9.71 Å². The van der Waals surface area contributed by atoms with E-state index in [4.69, 9.17) is 4.74 Å². The maximum absolute atomic E-state index is 12.6. The Hall–Kier alpha value is -1.92. The molecule has 1 aromatic heterocycles. The Morgan fingerprint density at radius 1 is 1.18 bits per heavy atom. The highest BCUT2D eigenvalue weighted by Gasteiger charge is 2.29. The van der Waals surface area contributed by atoms with Crippen LogP contribution in [0.15, 0.2) is 47.5 Å². The fourth-order valence-corrected chi connectivity index (χ4v) is 3.67. The predicted molar refractivity (Wildman–Crippen MR) is 85.3 cm³/mol. The van der Waals surface area contributed by atoms with Crippen LogP contribution in [0.5, 0.6) is 5.75 Å². The second kappa shape index (κ2) is 6.06. The molecule has 1 aromatic carbocycles. The number of aromatic nitrogens is 1. The van der Waals surface area contributed by atoms with Crippen molar-refractivity contribution in [1.29, 1.82) is 0 Å². The Bertz CT molecular complexity index is 756. The normalized spacial score (nSPS) is 12.2. The van der Waals surface area contributed by atoms with E-state index < -0.39 is 15.6 Å². The molecule has 6 heteroatoms. The van der Waals surface area contributed by atoms with Crippen LogP contribution in [-0.4, -0.2) is 20.5 Å². The molecule has 0 aliphatic rings. The number of nitrogens with zero attached hydrogens (tertiary/aromatic N) is 1. The first-order valence-electron chi connectivity index (χ1n) is 6.86. The molecule has 0 aliphatic heterocycles. The van der Waals surface area contributed by atoms with Crippen LogP contribution in [0.1, 0.15) is 25.1 Å². The number of rotatable bonds is 5. The summed E-state index contributed by atoms with van der Waals surface area (Å²) in [6, 6.07) is 10.2. The molecule has 1 N–H and O–H groups in total. The average Bonchev–Trinajstić information content (AvgIpc) is 2.47. The van der Waals surface area contributed by atoms with Gasteiger partial charge in [0.1, 0.15) is 5.75 Å². The summed E-state index contributed by atoms with van der Waals surface area (Å²) in [6.07, 6.45) is 1.64. The summed E-state index contributed by atoms with van der Waals surface area (Å²) in [4.78, 5) is 4.43. The van der Waals surface area contributed by atoms with Crippen molar-refractivity contribution in [2.45, 2.75) is 31.2 Å². The molecule has 0 aliphatic carbocycles. The number of nitrogens with one attached hydrogen (secondary N) is 1. The topological polar surface area (TPSA) is 68.3 Å². The molecule has 0 saturated heterocycles. The monoisotopic (exact) mass is 320 g/mol. The SMILES string of the molecule is COc1ccc(S(=O)(=O)NC(C)(C)c2ccccn2)cc1C. The molecule has 2 aromatic rings. The molecule has 0 spiro atoms. The van der Waals surface area contributed by atoms with Crippen LogP contribution >= 0.6 is 0 Å². The quantitative estimate of drug-likeness (QED) is 0.919. The molecular weight excluding hydrogens is 300 g/mol. The molecule has 0 radical (unpaired) electrons. The van der Waals surface area contributed by atoms with Crippen molar-refractivity contribution < 1.29 is 13.2 Å². The zero-order valence-corrected chi connectivity index (χ0v) is 13.9. The largest absolute Gasteiger partial charge is 0.496 e. The van der Waals surface area contributed by atoms with Crippen molar-refractivity contribution in [3.8, 4) is 5.75 Å². The Kier molecular flexibility index (Phi) is 4.53. The van der Waals surface area contributed by atoms with Gasteiger partial charge in [-0.25, -0.2) is 8.42 Å². The van der Waals surface area contributed by atoms with Crippen molar-refractivity contribution in [2.75, 3.05) is 7.11 Å². The van der Waals surface area contributed by atoms with Gasteiger partial charge in [0, 0.05) is 6.20 Å². The standard InChI is InChI=1S/C16H20N2O3S/c1-12-11-13(8-9-14(12)21-4)22(19,20)18-16(2,3)15-7-5-6-10-17-15/h5-11,18H,1-4H3. The number of ether oxygens (including phenoxy) is 1. The zero-order valence-electron chi connectivity index (χ0n) is 13.1. The lowest BCUT2D eigenvalue weighted by atomic mass is 10.0. The van der Waals surface area contributed by atoms with Crippen molar-refractivity contribution >= 4 is 10.0 Å². The molecule has 22 heavy (non-hydrogen) atoms. The van der Waals surface area contributed by atoms with Crippen LogP contribution in [0.4, 0.5) is 0 Å². The van der Waals surface area contributed by atoms with Crippen LogP contribution in [0.25, 0.3) is 0 Å².